The van der Waals surface area contributed by atoms with E-state index in [0.29, 0.717) is 0 Å². The normalized spacial score (nSPS) is 16.9. The van der Waals surface area contributed by atoms with Crippen molar-refractivity contribution in [1.82, 2.24) is 0 Å². The number of ether oxygens (including phenoxy) is 1. The Hall–Kier alpha value is -1.96. The van der Waals surface area contributed by atoms with Crippen molar-refractivity contribution in [2.45, 2.75) is 20.0 Å². The number of fused-ring (bicyclic) bond motifs is 3. The van der Waals surface area contributed by atoms with E-state index in [1.54, 1.807) is 6.07 Å². The summed E-state index contributed by atoms with van der Waals surface area (Å²) in [6, 6.07) is 11.9. The van der Waals surface area contributed by atoms with Crippen molar-refractivity contribution < 1.29 is 9.84 Å². The first-order valence-electron chi connectivity index (χ1n) is 5.77. The summed E-state index contributed by atoms with van der Waals surface area (Å²) in [5.41, 5.74) is 4.27. The van der Waals surface area contributed by atoms with Crippen LogP contribution in [0.1, 0.15) is 24.2 Å². The Morgan fingerprint density at radius 3 is 2.65 bits per heavy atom. The number of rotatable bonds is 0. The minimum atomic E-state index is 0.0270. The number of benzene rings is 2. The number of aromatic hydroxyl groups is 1. The highest BCUT2D eigenvalue weighted by Gasteiger charge is 2.24. The lowest BCUT2D eigenvalue weighted by Gasteiger charge is -2.27. The molecule has 0 fully saturated rings. The van der Waals surface area contributed by atoms with Crippen LogP contribution in [0.15, 0.2) is 36.4 Å². The van der Waals surface area contributed by atoms with Crippen LogP contribution in [0.3, 0.4) is 0 Å². The van der Waals surface area contributed by atoms with Gasteiger partial charge in [0.25, 0.3) is 0 Å². The quantitative estimate of drug-likeness (QED) is 0.740. The van der Waals surface area contributed by atoms with Crippen molar-refractivity contribution in [2.24, 2.45) is 0 Å². The van der Waals surface area contributed by atoms with Gasteiger partial charge in [-0.05, 0) is 31.5 Å². The first-order chi connectivity index (χ1) is 8.18. The highest BCUT2D eigenvalue weighted by molar-refractivity contribution is 5.78. The summed E-state index contributed by atoms with van der Waals surface area (Å²) < 4.78 is 5.91. The molecule has 2 nitrogen and oxygen atoms in total. The van der Waals surface area contributed by atoms with Crippen LogP contribution >= 0.6 is 0 Å². The molecule has 0 saturated carbocycles. The molecule has 2 heteroatoms. The zero-order valence-corrected chi connectivity index (χ0v) is 9.90. The fourth-order valence-electron chi connectivity index (χ4n) is 2.38. The summed E-state index contributed by atoms with van der Waals surface area (Å²) in [7, 11) is 0. The summed E-state index contributed by atoms with van der Waals surface area (Å²) in [6.07, 6.45) is 0.0270. The van der Waals surface area contributed by atoms with Gasteiger partial charge in [0, 0.05) is 16.7 Å². The zero-order valence-electron chi connectivity index (χ0n) is 9.90. The molecule has 86 valence electrons. The van der Waals surface area contributed by atoms with Crippen LogP contribution in [0.5, 0.6) is 11.5 Å². The molecule has 1 atom stereocenters. The van der Waals surface area contributed by atoms with Gasteiger partial charge < -0.3 is 9.84 Å². The van der Waals surface area contributed by atoms with Crippen molar-refractivity contribution in [3.05, 3.63) is 47.5 Å². The molecule has 0 bridgehead atoms. The van der Waals surface area contributed by atoms with Gasteiger partial charge in [-0.3, -0.25) is 0 Å². The second-order valence-electron chi connectivity index (χ2n) is 4.43. The lowest BCUT2D eigenvalue weighted by Crippen LogP contribution is -2.11. The topological polar surface area (TPSA) is 29.5 Å². The number of hydrogen-bond donors (Lipinski definition) is 1. The summed E-state index contributed by atoms with van der Waals surface area (Å²) in [4.78, 5) is 0. The molecule has 1 aliphatic rings. The lowest BCUT2D eigenvalue weighted by atomic mass is 9.92. The predicted molar refractivity (Wildman–Crippen MR) is 67.3 cm³/mol. The summed E-state index contributed by atoms with van der Waals surface area (Å²) in [6.45, 7) is 3.92. The van der Waals surface area contributed by atoms with Gasteiger partial charge in [0.15, 0.2) is 0 Å². The maximum absolute atomic E-state index is 9.73. The molecule has 1 unspecified atom stereocenters. The molecule has 1 heterocycles. The molecule has 0 spiro atoms. The van der Waals surface area contributed by atoms with Gasteiger partial charge >= 0.3 is 0 Å². The Bertz CT molecular complexity index is 587. The molecule has 0 saturated heterocycles. The highest BCUT2D eigenvalue weighted by Crippen LogP contribution is 2.45. The zero-order chi connectivity index (χ0) is 12.0. The molecule has 0 aliphatic carbocycles. The molecule has 0 aromatic heterocycles. The van der Waals surface area contributed by atoms with Crippen molar-refractivity contribution in [2.75, 3.05) is 0 Å². The van der Waals surface area contributed by atoms with E-state index in [9.17, 15) is 5.11 Å². The molecule has 2 aromatic rings. The van der Waals surface area contributed by atoms with Gasteiger partial charge in [0.1, 0.15) is 17.6 Å². The summed E-state index contributed by atoms with van der Waals surface area (Å²) in [5.74, 6) is 1.09. The second kappa shape index (κ2) is 3.52. The number of phenolic OH excluding ortho intramolecular Hbond substituents is 1. The Kier molecular flexibility index (Phi) is 2.11. The first kappa shape index (κ1) is 10.2. The third kappa shape index (κ3) is 1.41. The van der Waals surface area contributed by atoms with Crippen molar-refractivity contribution >= 4 is 0 Å². The van der Waals surface area contributed by atoms with Gasteiger partial charge in [-0.15, -0.1) is 0 Å². The Morgan fingerprint density at radius 2 is 1.82 bits per heavy atom. The fourth-order valence-corrected chi connectivity index (χ4v) is 2.38. The molecule has 17 heavy (non-hydrogen) atoms. The Morgan fingerprint density at radius 1 is 1.06 bits per heavy atom. The van der Waals surface area contributed by atoms with E-state index in [1.807, 2.05) is 32.0 Å². The summed E-state index contributed by atoms with van der Waals surface area (Å²) in [5, 5.41) is 9.73. The van der Waals surface area contributed by atoms with Crippen LogP contribution in [0, 0.1) is 6.92 Å². The Balaban J connectivity index is 2.32. The number of hydrogen-bond acceptors (Lipinski definition) is 2. The molecule has 2 aromatic carbocycles. The SMILES string of the molecule is Cc1c(O)ccc2c1OC(C)c1ccccc1-2. The van der Waals surface area contributed by atoms with E-state index in [0.717, 1.165) is 16.9 Å². The molecule has 3 rings (SSSR count). The third-order valence-corrected chi connectivity index (χ3v) is 3.36. The molecular formula is C15H14O2. The van der Waals surface area contributed by atoms with E-state index in [1.165, 1.54) is 11.1 Å². The monoisotopic (exact) mass is 226 g/mol. The van der Waals surface area contributed by atoms with Gasteiger partial charge in [0.05, 0.1) is 0 Å². The molecular weight excluding hydrogens is 212 g/mol. The average Bonchev–Trinajstić information content (AvgIpc) is 2.35. The minimum Gasteiger partial charge on any atom is -0.508 e. The van der Waals surface area contributed by atoms with E-state index in [2.05, 4.69) is 12.1 Å². The maximum Gasteiger partial charge on any atom is 0.134 e. The Labute approximate surface area is 100 Å². The second-order valence-corrected chi connectivity index (χ2v) is 4.43. The first-order valence-corrected chi connectivity index (χ1v) is 5.77. The van der Waals surface area contributed by atoms with E-state index < -0.39 is 0 Å². The largest absolute Gasteiger partial charge is 0.508 e. The van der Waals surface area contributed by atoms with Crippen LogP contribution in [0.2, 0.25) is 0 Å². The van der Waals surface area contributed by atoms with Gasteiger partial charge in [-0.1, -0.05) is 24.3 Å². The van der Waals surface area contributed by atoms with Gasteiger partial charge in [0.2, 0.25) is 0 Å². The molecule has 1 N–H and O–H groups in total. The van der Waals surface area contributed by atoms with E-state index in [-0.39, 0.29) is 11.9 Å². The highest BCUT2D eigenvalue weighted by atomic mass is 16.5. The van der Waals surface area contributed by atoms with Crippen LogP contribution in [0.25, 0.3) is 11.1 Å². The molecule has 0 amide bonds. The summed E-state index contributed by atoms with van der Waals surface area (Å²) >= 11 is 0. The van der Waals surface area contributed by atoms with Crippen molar-refractivity contribution in [3.8, 4) is 22.6 Å². The minimum absolute atomic E-state index is 0.0270. The van der Waals surface area contributed by atoms with Crippen LogP contribution in [0.4, 0.5) is 0 Å². The lowest BCUT2D eigenvalue weighted by molar-refractivity contribution is 0.220. The van der Waals surface area contributed by atoms with Crippen molar-refractivity contribution in [1.29, 1.82) is 0 Å². The fraction of sp³-hybridized carbons (Fsp3) is 0.200. The van der Waals surface area contributed by atoms with Gasteiger partial charge in [-0.2, -0.15) is 0 Å². The van der Waals surface area contributed by atoms with Crippen LogP contribution in [-0.2, 0) is 0 Å². The predicted octanol–water partition coefficient (Wildman–Crippen LogP) is 3.82. The number of phenols is 1. The van der Waals surface area contributed by atoms with Crippen LogP contribution in [-0.4, -0.2) is 5.11 Å². The van der Waals surface area contributed by atoms with E-state index in [4.69, 9.17) is 4.74 Å². The molecule has 1 aliphatic heterocycles. The standard InChI is InChI=1S/C15H14O2/c1-9-14(16)8-7-13-12-6-4-3-5-11(12)10(2)17-15(9)13/h3-8,10,16H,1-2H3. The average molecular weight is 226 g/mol. The van der Waals surface area contributed by atoms with Crippen LogP contribution < -0.4 is 4.74 Å². The maximum atomic E-state index is 9.73. The third-order valence-electron chi connectivity index (χ3n) is 3.36. The molecule has 0 radical (unpaired) electrons. The smallest absolute Gasteiger partial charge is 0.134 e. The van der Waals surface area contributed by atoms with Gasteiger partial charge in [-0.25, -0.2) is 0 Å². The van der Waals surface area contributed by atoms with Crippen molar-refractivity contribution in [3.63, 3.8) is 0 Å². The van der Waals surface area contributed by atoms with E-state index >= 15 is 0 Å².